The molecule has 16 heavy (non-hydrogen) atoms. The summed E-state index contributed by atoms with van der Waals surface area (Å²) in [6, 6.07) is 0. The SMILES string of the molecule is CC12CCC([C@H](Br)C1=O)[C@]2(C)CS(=O)(=O)O. The molecule has 0 aromatic heterocycles. The van der Waals surface area contributed by atoms with E-state index in [2.05, 4.69) is 15.9 Å². The summed E-state index contributed by atoms with van der Waals surface area (Å²) in [6.07, 6.45) is 1.55. The lowest BCUT2D eigenvalue weighted by molar-refractivity contribution is -0.127. The Labute approximate surface area is 104 Å². The molecule has 2 unspecified atom stereocenters. The molecule has 0 radical (unpaired) electrons. The molecule has 0 aromatic carbocycles. The lowest BCUT2D eigenvalue weighted by Gasteiger charge is -2.35. The zero-order chi connectivity index (χ0) is 12.4. The zero-order valence-corrected chi connectivity index (χ0v) is 11.6. The minimum atomic E-state index is -4.05. The molecule has 1 N–H and O–H groups in total. The molecular weight excluding hydrogens is 296 g/mol. The molecule has 2 bridgehead atoms. The fourth-order valence-electron chi connectivity index (χ4n) is 3.46. The maximum Gasteiger partial charge on any atom is 0.265 e. The summed E-state index contributed by atoms with van der Waals surface area (Å²) in [7, 11) is -4.05. The molecule has 2 fully saturated rings. The average molecular weight is 311 g/mol. The Kier molecular flexibility index (Phi) is 2.58. The second-order valence-electron chi connectivity index (χ2n) is 5.39. The molecule has 0 saturated heterocycles. The van der Waals surface area contributed by atoms with Gasteiger partial charge >= 0.3 is 0 Å². The molecule has 4 atom stereocenters. The predicted octanol–water partition coefficient (Wildman–Crippen LogP) is 1.64. The fraction of sp³-hybridized carbons (Fsp3) is 0.900. The number of halogens is 1. The minimum Gasteiger partial charge on any atom is -0.298 e. The van der Waals surface area contributed by atoms with E-state index in [4.69, 9.17) is 4.55 Å². The number of hydrogen-bond acceptors (Lipinski definition) is 3. The average Bonchev–Trinajstić information content (AvgIpc) is 2.40. The first kappa shape index (κ1) is 12.5. The maximum absolute atomic E-state index is 12.1. The summed E-state index contributed by atoms with van der Waals surface area (Å²) >= 11 is 3.35. The second kappa shape index (κ2) is 3.29. The number of carbonyl (C=O) groups is 1. The van der Waals surface area contributed by atoms with Crippen molar-refractivity contribution in [3.05, 3.63) is 0 Å². The van der Waals surface area contributed by atoms with Gasteiger partial charge in [0, 0.05) is 10.8 Å². The van der Waals surface area contributed by atoms with Gasteiger partial charge in [0.05, 0.1) is 10.6 Å². The lowest BCUT2D eigenvalue weighted by Crippen LogP contribution is -2.40. The molecular formula is C10H15BrO4S. The van der Waals surface area contributed by atoms with E-state index in [9.17, 15) is 13.2 Å². The summed E-state index contributed by atoms with van der Waals surface area (Å²) < 4.78 is 31.2. The monoisotopic (exact) mass is 310 g/mol. The van der Waals surface area contributed by atoms with Crippen molar-refractivity contribution in [2.24, 2.45) is 16.7 Å². The van der Waals surface area contributed by atoms with E-state index in [-0.39, 0.29) is 22.3 Å². The fourth-order valence-corrected chi connectivity index (χ4v) is 6.11. The molecule has 0 heterocycles. The largest absolute Gasteiger partial charge is 0.298 e. The first-order valence-electron chi connectivity index (χ1n) is 5.25. The van der Waals surface area contributed by atoms with Gasteiger partial charge in [-0.3, -0.25) is 9.35 Å². The van der Waals surface area contributed by atoms with E-state index < -0.39 is 20.9 Å². The summed E-state index contributed by atoms with van der Waals surface area (Å²) in [5.74, 6) is -0.239. The highest BCUT2D eigenvalue weighted by molar-refractivity contribution is 9.10. The molecule has 0 aliphatic heterocycles. The van der Waals surface area contributed by atoms with Crippen molar-refractivity contribution in [1.29, 1.82) is 0 Å². The van der Waals surface area contributed by atoms with Crippen molar-refractivity contribution < 1.29 is 17.8 Å². The Bertz CT molecular complexity index is 446. The Morgan fingerprint density at radius 3 is 2.44 bits per heavy atom. The molecule has 0 spiro atoms. The van der Waals surface area contributed by atoms with E-state index >= 15 is 0 Å². The summed E-state index contributed by atoms with van der Waals surface area (Å²) in [5.41, 5.74) is -1.27. The normalized spacial score (nSPS) is 47.6. The predicted molar refractivity (Wildman–Crippen MR) is 63.1 cm³/mol. The van der Waals surface area contributed by atoms with Crippen LogP contribution in [0.25, 0.3) is 0 Å². The van der Waals surface area contributed by atoms with Crippen LogP contribution in [0.5, 0.6) is 0 Å². The third kappa shape index (κ3) is 1.42. The third-order valence-electron chi connectivity index (χ3n) is 4.66. The van der Waals surface area contributed by atoms with Crippen LogP contribution in [0.15, 0.2) is 0 Å². The quantitative estimate of drug-likeness (QED) is 0.622. The molecule has 0 amide bonds. The Hall–Kier alpha value is 0.0600. The van der Waals surface area contributed by atoms with Crippen molar-refractivity contribution in [2.75, 3.05) is 5.75 Å². The molecule has 2 saturated carbocycles. The highest BCUT2D eigenvalue weighted by atomic mass is 79.9. The number of fused-ring (bicyclic) bond motifs is 2. The van der Waals surface area contributed by atoms with Gasteiger partial charge in [-0.1, -0.05) is 29.8 Å². The van der Waals surface area contributed by atoms with Crippen molar-refractivity contribution in [3.8, 4) is 0 Å². The van der Waals surface area contributed by atoms with Crippen LogP contribution in [0.1, 0.15) is 26.7 Å². The molecule has 2 rings (SSSR count). The maximum atomic E-state index is 12.1. The topological polar surface area (TPSA) is 71.4 Å². The number of carbonyl (C=O) groups excluding carboxylic acids is 1. The molecule has 0 aromatic rings. The standard InChI is InChI=1S/C10H15BrO4S/c1-9-4-3-6(7(11)8(9)12)10(9,2)5-16(13,14)15/h6-7H,3-5H2,1-2H3,(H,13,14,15)/t6?,7-,9?,10-/m0/s1. The van der Waals surface area contributed by atoms with E-state index in [1.165, 1.54) is 0 Å². The van der Waals surface area contributed by atoms with E-state index in [0.29, 0.717) is 6.42 Å². The van der Waals surface area contributed by atoms with Crippen LogP contribution in [0.3, 0.4) is 0 Å². The molecule has 4 nitrogen and oxygen atoms in total. The Balaban J connectivity index is 2.47. The van der Waals surface area contributed by atoms with Crippen LogP contribution in [-0.4, -0.2) is 29.3 Å². The molecule has 92 valence electrons. The first-order valence-corrected chi connectivity index (χ1v) is 7.78. The molecule has 2 aliphatic carbocycles. The van der Waals surface area contributed by atoms with Crippen molar-refractivity contribution >= 4 is 31.8 Å². The van der Waals surface area contributed by atoms with Crippen LogP contribution >= 0.6 is 15.9 Å². The highest BCUT2D eigenvalue weighted by Gasteiger charge is 2.68. The van der Waals surface area contributed by atoms with Crippen molar-refractivity contribution in [2.45, 2.75) is 31.5 Å². The van der Waals surface area contributed by atoms with Crippen LogP contribution in [0.4, 0.5) is 0 Å². The molecule has 6 heteroatoms. The number of ketones is 1. The van der Waals surface area contributed by atoms with E-state index in [0.717, 1.165) is 6.42 Å². The number of hydrogen-bond donors (Lipinski definition) is 1. The second-order valence-corrected chi connectivity index (χ2v) is 7.83. The van der Waals surface area contributed by atoms with E-state index in [1.807, 2.05) is 6.92 Å². The van der Waals surface area contributed by atoms with Gasteiger partial charge in [0.15, 0.2) is 5.78 Å². The van der Waals surface area contributed by atoms with Gasteiger partial charge in [-0.05, 0) is 18.8 Å². The third-order valence-corrected chi connectivity index (χ3v) is 6.68. The van der Waals surface area contributed by atoms with Crippen LogP contribution in [0, 0.1) is 16.7 Å². The van der Waals surface area contributed by atoms with Crippen LogP contribution in [0.2, 0.25) is 0 Å². The van der Waals surface area contributed by atoms with Gasteiger partial charge in [-0.25, -0.2) is 0 Å². The van der Waals surface area contributed by atoms with Crippen LogP contribution < -0.4 is 0 Å². The van der Waals surface area contributed by atoms with Gasteiger partial charge in [-0.15, -0.1) is 0 Å². The van der Waals surface area contributed by atoms with Crippen molar-refractivity contribution in [1.82, 2.24) is 0 Å². The zero-order valence-electron chi connectivity index (χ0n) is 9.23. The van der Waals surface area contributed by atoms with Gasteiger partial charge < -0.3 is 0 Å². The van der Waals surface area contributed by atoms with Crippen molar-refractivity contribution in [3.63, 3.8) is 0 Å². The number of rotatable bonds is 2. The Morgan fingerprint density at radius 2 is 2.06 bits per heavy atom. The summed E-state index contributed by atoms with van der Waals surface area (Å²) in [5, 5.41) is 0. The number of Topliss-reactive ketones (excluding diaryl/α,β-unsaturated/α-hetero) is 1. The minimum absolute atomic E-state index is 0.00641. The van der Waals surface area contributed by atoms with Gasteiger partial charge in [0.25, 0.3) is 10.1 Å². The summed E-state index contributed by atoms with van der Waals surface area (Å²) in [6.45, 7) is 3.62. The van der Waals surface area contributed by atoms with Crippen LogP contribution in [-0.2, 0) is 14.9 Å². The highest BCUT2D eigenvalue weighted by Crippen LogP contribution is 2.65. The van der Waals surface area contributed by atoms with Gasteiger partial charge in [-0.2, -0.15) is 8.42 Å². The lowest BCUT2D eigenvalue weighted by atomic mass is 9.70. The van der Waals surface area contributed by atoms with E-state index in [1.54, 1.807) is 6.92 Å². The Morgan fingerprint density at radius 1 is 1.50 bits per heavy atom. The smallest absolute Gasteiger partial charge is 0.265 e. The summed E-state index contributed by atoms with van der Waals surface area (Å²) in [4.78, 5) is 11.8. The molecule has 2 aliphatic rings. The van der Waals surface area contributed by atoms with Gasteiger partial charge in [0.2, 0.25) is 0 Å². The van der Waals surface area contributed by atoms with Gasteiger partial charge in [0.1, 0.15) is 0 Å². The first-order chi connectivity index (χ1) is 7.12. The number of alkyl halides is 1.